The van der Waals surface area contributed by atoms with Crippen molar-refractivity contribution >= 4 is 17.3 Å². The van der Waals surface area contributed by atoms with Gasteiger partial charge in [-0.3, -0.25) is 4.79 Å². The summed E-state index contributed by atoms with van der Waals surface area (Å²) >= 11 is 0. The number of nitrogens with one attached hydrogen (secondary N) is 2. The molecule has 1 aliphatic heterocycles. The van der Waals surface area contributed by atoms with E-state index in [9.17, 15) is 4.79 Å². The summed E-state index contributed by atoms with van der Waals surface area (Å²) in [5, 5.41) is 6.13. The zero-order chi connectivity index (χ0) is 16.9. The quantitative estimate of drug-likeness (QED) is 0.886. The molecule has 0 unspecified atom stereocenters. The van der Waals surface area contributed by atoms with Crippen LogP contribution in [0.3, 0.4) is 0 Å². The number of carbonyl (C=O) groups excluding carboxylic acids is 1. The van der Waals surface area contributed by atoms with Crippen LogP contribution in [0.5, 0.6) is 11.5 Å². The van der Waals surface area contributed by atoms with Crippen LogP contribution in [0.4, 0.5) is 11.4 Å². The highest BCUT2D eigenvalue weighted by atomic mass is 16.5. The summed E-state index contributed by atoms with van der Waals surface area (Å²) in [6.45, 7) is 0.914. The zero-order valence-corrected chi connectivity index (χ0v) is 14.1. The highest BCUT2D eigenvalue weighted by Gasteiger charge is 2.21. The maximum Gasteiger partial charge on any atom is 0.241 e. The van der Waals surface area contributed by atoms with E-state index in [2.05, 4.69) is 10.6 Å². The Morgan fingerprint density at radius 2 is 1.71 bits per heavy atom. The van der Waals surface area contributed by atoms with Crippen molar-refractivity contribution in [2.24, 2.45) is 0 Å². The molecule has 5 heteroatoms. The van der Waals surface area contributed by atoms with Crippen molar-refractivity contribution in [3.05, 3.63) is 48.5 Å². The zero-order valence-electron chi connectivity index (χ0n) is 14.1. The van der Waals surface area contributed by atoms with Gasteiger partial charge in [0.05, 0.1) is 6.04 Å². The van der Waals surface area contributed by atoms with Gasteiger partial charge in [-0.05, 0) is 67.9 Å². The first-order valence-corrected chi connectivity index (χ1v) is 8.21. The predicted octanol–water partition coefficient (Wildman–Crippen LogP) is 3.24. The molecule has 0 spiro atoms. The molecule has 1 amide bonds. The molecule has 1 aliphatic rings. The second-order valence-corrected chi connectivity index (χ2v) is 6.15. The van der Waals surface area contributed by atoms with E-state index < -0.39 is 0 Å². The number of benzene rings is 2. The molecule has 0 aromatic heterocycles. The van der Waals surface area contributed by atoms with Gasteiger partial charge in [0.25, 0.3) is 0 Å². The van der Waals surface area contributed by atoms with Gasteiger partial charge in [0.2, 0.25) is 5.91 Å². The summed E-state index contributed by atoms with van der Waals surface area (Å²) in [7, 11) is 4.01. The smallest absolute Gasteiger partial charge is 0.241 e. The monoisotopic (exact) mass is 325 g/mol. The third-order valence-corrected chi connectivity index (χ3v) is 4.09. The van der Waals surface area contributed by atoms with Gasteiger partial charge in [0.15, 0.2) is 0 Å². The lowest BCUT2D eigenvalue weighted by molar-refractivity contribution is -0.117. The number of rotatable bonds is 5. The van der Waals surface area contributed by atoms with E-state index in [-0.39, 0.29) is 11.9 Å². The van der Waals surface area contributed by atoms with E-state index >= 15 is 0 Å². The van der Waals surface area contributed by atoms with Crippen LogP contribution in [0.15, 0.2) is 48.5 Å². The Balaban J connectivity index is 1.58. The molecule has 3 rings (SSSR count). The Morgan fingerprint density at radius 3 is 2.25 bits per heavy atom. The van der Waals surface area contributed by atoms with Crippen LogP contribution >= 0.6 is 0 Å². The molecule has 1 saturated heterocycles. The SMILES string of the molecule is CN(C)c1ccc(Oc2ccc(NC(=O)[C@@H]3CCCN3)cc2)cc1. The first-order chi connectivity index (χ1) is 11.6. The first kappa shape index (κ1) is 16.3. The van der Waals surface area contributed by atoms with Gasteiger partial charge in [0, 0.05) is 25.5 Å². The van der Waals surface area contributed by atoms with Crippen LogP contribution in [-0.4, -0.2) is 32.6 Å². The fraction of sp³-hybridized carbons (Fsp3) is 0.316. The van der Waals surface area contributed by atoms with E-state index in [0.29, 0.717) is 0 Å². The first-order valence-electron chi connectivity index (χ1n) is 8.21. The van der Waals surface area contributed by atoms with Gasteiger partial charge in [-0.2, -0.15) is 0 Å². The fourth-order valence-corrected chi connectivity index (χ4v) is 2.69. The molecular formula is C19H23N3O2. The molecule has 126 valence electrons. The lowest BCUT2D eigenvalue weighted by Crippen LogP contribution is -2.35. The van der Waals surface area contributed by atoms with Gasteiger partial charge in [-0.1, -0.05) is 0 Å². The number of hydrogen-bond acceptors (Lipinski definition) is 4. The number of anilines is 2. The average Bonchev–Trinajstić information content (AvgIpc) is 3.12. The van der Waals surface area contributed by atoms with Gasteiger partial charge >= 0.3 is 0 Å². The highest BCUT2D eigenvalue weighted by Crippen LogP contribution is 2.25. The van der Waals surface area contributed by atoms with Gasteiger partial charge < -0.3 is 20.3 Å². The van der Waals surface area contributed by atoms with Crippen LogP contribution in [0.1, 0.15) is 12.8 Å². The summed E-state index contributed by atoms with van der Waals surface area (Å²) in [6.07, 6.45) is 1.95. The number of ether oxygens (including phenoxy) is 1. The van der Waals surface area contributed by atoms with Crippen molar-refractivity contribution in [3.63, 3.8) is 0 Å². The van der Waals surface area contributed by atoms with Crippen molar-refractivity contribution in [1.82, 2.24) is 5.32 Å². The van der Waals surface area contributed by atoms with Crippen molar-refractivity contribution in [3.8, 4) is 11.5 Å². The van der Waals surface area contributed by atoms with Gasteiger partial charge in [-0.15, -0.1) is 0 Å². The van der Waals surface area contributed by atoms with Crippen LogP contribution < -0.4 is 20.3 Å². The topological polar surface area (TPSA) is 53.6 Å². The Morgan fingerprint density at radius 1 is 1.08 bits per heavy atom. The number of hydrogen-bond donors (Lipinski definition) is 2. The summed E-state index contributed by atoms with van der Waals surface area (Å²) in [5.74, 6) is 1.55. The maximum absolute atomic E-state index is 12.1. The molecule has 0 aliphatic carbocycles. The van der Waals surface area contributed by atoms with E-state index in [1.807, 2.05) is 67.5 Å². The molecule has 1 fully saturated rings. The molecule has 2 aromatic carbocycles. The largest absolute Gasteiger partial charge is 0.457 e. The Labute approximate surface area is 142 Å². The van der Waals surface area contributed by atoms with E-state index in [1.165, 1.54) is 0 Å². The van der Waals surface area contributed by atoms with Crippen LogP contribution in [0.2, 0.25) is 0 Å². The number of carbonyl (C=O) groups is 1. The summed E-state index contributed by atoms with van der Waals surface area (Å²) in [5.41, 5.74) is 1.91. The van der Waals surface area contributed by atoms with Crippen LogP contribution in [-0.2, 0) is 4.79 Å². The standard InChI is InChI=1S/C19H23N3O2/c1-22(2)15-7-11-17(12-8-15)24-16-9-5-14(6-10-16)21-19(23)18-4-3-13-20-18/h5-12,18,20H,3-4,13H2,1-2H3,(H,21,23)/t18-/m0/s1. The molecule has 1 atom stereocenters. The van der Waals surface area contributed by atoms with Crippen molar-refractivity contribution in [1.29, 1.82) is 0 Å². The van der Waals surface area contributed by atoms with Crippen molar-refractivity contribution in [2.45, 2.75) is 18.9 Å². The van der Waals surface area contributed by atoms with Gasteiger partial charge in [0.1, 0.15) is 11.5 Å². The third kappa shape index (κ3) is 4.06. The minimum absolute atomic E-state index is 0.0282. The molecule has 0 bridgehead atoms. The lowest BCUT2D eigenvalue weighted by Gasteiger charge is -2.13. The molecule has 0 saturated carbocycles. The average molecular weight is 325 g/mol. The molecule has 0 radical (unpaired) electrons. The van der Waals surface area contributed by atoms with Crippen molar-refractivity contribution in [2.75, 3.05) is 30.9 Å². The second-order valence-electron chi connectivity index (χ2n) is 6.15. The molecule has 5 nitrogen and oxygen atoms in total. The Kier molecular flexibility index (Phi) is 5.01. The number of amides is 1. The minimum atomic E-state index is -0.0730. The van der Waals surface area contributed by atoms with E-state index in [0.717, 1.165) is 42.3 Å². The van der Waals surface area contributed by atoms with Crippen LogP contribution in [0.25, 0.3) is 0 Å². The molecular weight excluding hydrogens is 302 g/mol. The second kappa shape index (κ2) is 7.36. The summed E-state index contributed by atoms with van der Waals surface area (Å²) in [4.78, 5) is 14.1. The summed E-state index contributed by atoms with van der Waals surface area (Å²) < 4.78 is 5.83. The Hall–Kier alpha value is -2.53. The maximum atomic E-state index is 12.1. The van der Waals surface area contributed by atoms with E-state index in [1.54, 1.807) is 0 Å². The van der Waals surface area contributed by atoms with Gasteiger partial charge in [-0.25, -0.2) is 0 Å². The molecule has 2 N–H and O–H groups in total. The molecule has 24 heavy (non-hydrogen) atoms. The fourth-order valence-electron chi connectivity index (χ4n) is 2.69. The third-order valence-electron chi connectivity index (χ3n) is 4.09. The predicted molar refractivity (Wildman–Crippen MR) is 96.9 cm³/mol. The normalized spacial score (nSPS) is 16.7. The molecule has 1 heterocycles. The minimum Gasteiger partial charge on any atom is -0.457 e. The van der Waals surface area contributed by atoms with E-state index in [4.69, 9.17) is 4.74 Å². The lowest BCUT2D eigenvalue weighted by atomic mass is 10.2. The highest BCUT2D eigenvalue weighted by molar-refractivity contribution is 5.95. The molecule has 2 aromatic rings. The summed E-state index contributed by atoms with van der Waals surface area (Å²) in [6, 6.07) is 15.3. The number of nitrogens with zero attached hydrogens (tertiary/aromatic N) is 1. The van der Waals surface area contributed by atoms with Crippen molar-refractivity contribution < 1.29 is 9.53 Å². The van der Waals surface area contributed by atoms with Crippen LogP contribution in [0, 0.1) is 0 Å². The Bertz CT molecular complexity index is 675.